The second-order valence-electron chi connectivity index (χ2n) is 5.43. The van der Waals surface area contributed by atoms with Gasteiger partial charge in [-0.2, -0.15) is 13.2 Å². The molecule has 0 bridgehead atoms. The van der Waals surface area contributed by atoms with Gasteiger partial charge in [-0.15, -0.1) is 0 Å². The molecule has 0 amide bonds. The lowest BCUT2D eigenvalue weighted by atomic mass is 10.0. The zero-order valence-electron chi connectivity index (χ0n) is 13.5. The molecule has 3 nitrogen and oxygen atoms in total. The molecule has 2 aromatic rings. The number of thioether (sulfide) groups is 1. The van der Waals surface area contributed by atoms with Crippen LogP contribution < -0.4 is 4.74 Å². The van der Waals surface area contributed by atoms with Crippen molar-refractivity contribution in [1.29, 1.82) is 0 Å². The van der Waals surface area contributed by atoms with Crippen LogP contribution >= 0.6 is 11.8 Å². The highest BCUT2D eigenvalue weighted by Crippen LogP contribution is 2.38. The summed E-state index contributed by atoms with van der Waals surface area (Å²) in [6.45, 7) is 1.87. The standard InChI is InChI=1S/C18H17F3O3S/c1-12-10-15(8-6-13(12)7-9-17(22)23)24-11-14-4-2-3-5-16(14)25-18(19,20)21/h2-6,8,10H,7,9,11H2,1H3,(H,22,23). The maximum absolute atomic E-state index is 12.6. The van der Waals surface area contributed by atoms with E-state index < -0.39 is 11.5 Å². The minimum Gasteiger partial charge on any atom is -0.489 e. The van der Waals surface area contributed by atoms with Crippen molar-refractivity contribution in [2.45, 2.75) is 36.8 Å². The van der Waals surface area contributed by atoms with Crippen molar-refractivity contribution >= 4 is 17.7 Å². The number of aliphatic carboxylic acids is 1. The van der Waals surface area contributed by atoms with Gasteiger partial charge in [-0.3, -0.25) is 4.79 Å². The van der Waals surface area contributed by atoms with Crippen molar-refractivity contribution in [1.82, 2.24) is 0 Å². The van der Waals surface area contributed by atoms with Crippen LogP contribution in [0.5, 0.6) is 5.75 Å². The lowest BCUT2D eigenvalue weighted by Gasteiger charge is -2.13. The lowest BCUT2D eigenvalue weighted by Crippen LogP contribution is -2.03. The summed E-state index contributed by atoms with van der Waals surface area (Å²) < 4.78 is 43.4. The zero-order valence-corrected chi connectivity index (χ0v) is 14.3. The van der Waals surface area contributed by atoms with Crippen molar-refractivity contribution in [3.8, 4) is 5.75 Å². The Bertz CT molecular complexity index is 745. The van der Waals surface area contributed by atoms with Gasteiger partial charge in [0.25, 0.3) is 0 Å². The third-order valence-electron chi connectivity index (χ3n) is 3.51. The van der Waals surface area contributed by atoms with Crippen LogP contribution in [-0.4, -0.2) is 16.6 Å². The second kappa shape index (κ2) is 8.29. The minimum absolute atomic E-state index is 0.0210. The molecule has 0 saturated heterocycles. The molecule has 0 aliphatic rings. The molecule has 25 heavy (non-hydrogen) atoms. The van der Waals surface area contributed by atoms with E-state index in [1.54, 1.807) is 36.4 Å². The van der Waals surface area contributed by atoms with Gasteiger partial charge in [-0.25, -0.2) is 0 Å². The van der Waals surface area contributed by atoms with Crippen LogP contribution in [0, 0.1) is 6.92 Å². The molecule has 0 heterocycles. The number of halogens is 3. The first-order chi connectivity index (χ1) is 11.7. The highest BCUT2D eigenvalue weighted by atomic mass is 32.2. The zero-order chi connectivity index (χ0) is 18.4. The van der Waals surface area contributed by atoms with Crippen LogP contribution in [0.3, 0.4) is 0 Å². The van der Waals surface area contributed by atoms with E-state index in [1.165, 1.54) is 6.07 Å². The molecule has 7 heteroatoms. The van der Waals surface area contributed by atoms with Crippen molar-refractivity contribution in [3.63, 3.8) is 0 Å². The number of carboxylic acids is 1. The average Bonchev–Trinajstić information content (AvgIpc) is 2.51. The molecule has 0 saturated carbocycles. The number of aryl methyl sites for hydroxylation is 2. The third kappa shape index (κ3) is 6.34. The molecule has 0 unspecified atom stereocenters. The van der Waals surface area contributed by atoms with Gasteiger partial charge in [0.05, 0.1) is 0 Å². The number of alkyl halides is 3. The molecule has 0 aliphatic carbocycles. The first-order valence-electron chi connectivity index (χ1n) is 7.52. The van der Waals surface area contributed by atoms with Gasteiger partial charge in [0.2, 0.25) is 0 Å². The van der Waals surface area contributed by atoms with Crippen molar-refractivity contribution < 1.29 is 27.8 Å². The summed E-state index contributed by atoms with van der Waals surface area (Å²) in [4.78, 5) is 10.7. The van der Waals surface area contributed by atoms with Gasteiger partial charge in [0.15, 0.2) is 0 Å². The van der Waals surface area contributed by atoms with Gasteiger partial charge in [-0.05, 0) is 54.4 Å². The molecular formula is C18H17F3O3S. The number of hydrogen-bond donors (Lipinski definition) is 1. The van der Waals surface area contributed by atoms with Crippen molar-refractivity contribution in [3.05, 3.63) is 59.2 Å². The molecular weight excluding hydrogens is 353 g/mol. The van der Waals surface area contributed by atoms with Crippen LogP contribution in [0.15, 0.2) is 47.4 Å². The Hall–Kier alpha value is -2.15. The topological polar surface area (TPSA) is 46.5 Å². The Morgan fingerprint density at radius 2 is 1.88 bits per heavy atom. The lowest BCUT2D eigenvalue weighted by molar-refractivity contribution is -0.136. The molecule has 0 aliphatic heterocycles. The van der Waals surface area contributed by atoms with Crippen LogP contribution in [0.1, 0.15) is 23.1 Å². The quantitative estimate of drug-likeness (QED) is 0.680. The van der Waals surface area contributed by atoms with Crippen LogP contribution in [0.2, 0.25) is 0 Å². The van der Waals surface area contributed by atoms with Gasteiger partial charge < -0.3 is 9.84 Å². The van der Waals surface area contributed by atoms with Crippen LogP contribution in [0.4, 0.5) is 13.2 Å². The molecule has 1 N–H and O–H groups in total. The van der Waals surface area contributed by atoms with Crippen LogP contribution in [0.25, 0.3) is 0 Å². The number of rotatable bonds is 7. The maximum atomic E-state index is 12.6. The SMILES string of the molecule is Cc1cc(OCc2ccccc2SC(F)(F)F)ccc1CCC(=O)O. The highest BCUT2D eigenvalue weighted by Gasteiger charge is 2.30. The third-order valence-corrected chi connectivity index (χ3v) is 4.36. The molecule has 2 rings (SSSR count). The molecule has 0 spiro atoms. The first kappa shape index (κ1) is 19.2. The molecule has 0 atom stereocenters. The highest BCUT2D eigenvalue weighted by molar-refractivity contribution is 8.00. The maximum Gasteiger partial charge on any atom is 0.446 e. The Morgan fingerprint density at radius 3 is 2.52 bits per heavy atom. The summed E-state index contributed by atoms with van der Waals surface area (Å²) >= 11 is -0.158. The minimum atomic E-state index is -4.35. The van der Waals surface area contributed by atoms with Gasteiger partial charge >= 0.3 is 11.5 Å². The number of carboxylic acid groups (broad SMARTS) is 1. The van der Waals surface area contributed by atoms with Crippen LogP contribution in [-0.2, 0) is 17.8 Å². The van der Waals surface area contributed by atoms with E-state index in [9.17, 15) is 18.0 Å². The van der Waals surface area contributed by atoms with E-state index in [4.69, 9.17) is 9.84 Å². The number of benzene rings is 2. The summed E-state index contributed by atoms with van der Waals surface area (Å²) in [7, 11) is 0. The Labute approximate surface area is 147 Å². The normalized spacial score (nSPS) is 11.4. The fraction of sp³-hybridized carbons (Fsp3) is 0.278. The smallest absolute Gasteiger partial charge is 0.446 e. The van der Waals surface area contributed by atoms with E-state index in [0.29, 0.717) is 17.7 Å². The van der Waals surface area contributed by atoms with E-state index in [2.05, 4.69) is 0 Å². The summed E-state index contributed by atoms with van der Waals surface area (Å²) in [6, 6.07) is 11.5. The Kier molecular flexibility index (Phi) is 6.36. The average molecular weight is 370 g/mol. The van der Waals surface area contributed by atoms with Gasteiger partial charge in [0.1, 0.15) is 12.4 Å². The van der Waals surface area contributed by atoms with Crippen molar-refractivity contribution in [2.24, 2.45) is 0 Å². The number of hydrogen-bond acceptors (Lipinski definition) is 3. The van der Waals surface area contributed by atoms with E-state index in [-0.39, 0.29) is 29.7 Å². The van der Waals surface area contributed by atoms with E-state index in [1.807, 2.05) is 6.92 Å². The summed E-state index contributed by atoms with van der Waals surface area (Å²) in [5.41, 5.74) is -2.10. The number of carbonyl (C=O) groups is 1. The molecule has 134 valence electrons. The summed E-state index contributed by atoms with van der Waals surface area (Å²) in [6.07, 6.45) is 0.468. The van der Waals surface area contributed by atoms with E-state index >= 15 is 0 Å². The number of ether oxygens (including phenoxy) is 1. The second-order valence-corrected chi connectivity index (χ2v) is 6.53. The Morgan fingerprint density at radius 1 is 1.16 bits per heavy atom. The van der Waals surface area contributed by atoms with Crippen molar-refractivity contribution in [2.75, 3.05) is 0 Å². The summed E-state index contributed by atoms with van der Waals surface area (Å²) in [5, 5.41) is 8.73. The molecule has 0 fully saturated rings. The monoisotopic (exact) mass is 370 g/mol. The largest absolute Gasteiger partial charge is 0.489 e. The first-order valence-corrected chi connectivity index (χ1v) is 8.34. The molecule has 0 aromatic heterocycles. The van der Waals surface area contributed by atoms with E-state index in [0.717, 1.165) is 11.1 Å². The Balaban J connectivity index is 2.04. The molecule has 0 radical (unpaired) electrons. The van der Waals surface area contributed by atoms with Gasteiger partial charge in [0, 0.05) is 16.9 Å². The fourth-order valence-electron chi connectivity index (χ4n) is 2.29. The fourth-order valence-corrected chi connectivity index (χ4v) is 2.94. The predicted octanol–water partition coefficient (Wildman–Crippen LogP) is 5.20. The molecule has 2 aromatic carbocycles. The predicted molar refractivity (Wildman–Crippen MR) is 89.8 cm³/mol. The summed E-state index contributed by atoms with van der Waals surface area (Å²) in [5.74, 6) is -0.332. The van der Waals surface area contributed by atoms with Gasteiger partial charge in [-0.1, -0.05) is 24.3 Å².